The molecule has 0 saturated carbocycles. The minimum Gasteiger partial charge on any atom is -0.448 e. The number of nitrogens with one attached hydrogen (secondary N) is 1. The lowest BCUT2D eigenvalue weighted by Gasteiger charge is -2.23. The molecule has 0 saturated heterocycles. The number of rotatable bonds is 2. The number of nitrogens with zero attached hydrogens (tertiary/aromatic N) is 1. The molecule has 3 rings (SSSR count). The summed E-state index contributed by atoms with van der Waals surface area (Å²) in [7, 11) is 0. The molecule has 1 unspecified atom stereocenters. The van der Waals surface area contributed by atoms with Gasteiger partial charge in [0.05, 0.1) is 11.3 Å². The Balaban J connectivity index is 1.76. The zero-order valence-electron chi connectivity index (χ0n) is 10.8. The predicted octanol–water partition coefficient (Wildman–Crippen LogP) is 2.17. The van der Waals surface area contributed by atoms with Crippen LogP contribution < -0.4 is 5.32 Å². The fourth-order valence-corrected chi connectivity index (χ4v) is 2.77. The summed E-state index contributed by atoms with van der Waals surface area (Å²) in [5.74, 6) is -0.801. The molecule has 0 radical (unpaired) electrons. The molecule has 1 aliphatic heterocycles. The summed E-state index contributed by atoms with van der Waals surface area (Å²) in [6.45, 7) is 1.85. The van der Waals surface area contributed by atoms with Gasteiger partial charge in [-0.1, -0.05) is 18.2 Å². The molecule has 1 N–H and O–H groups in total. The number of anilines is 1. The first-order chi connectivity index (χ1) is 9.63. The predicted molar refractivity (Wildman–Crippen MR) is 74.8 cm³/mol. The summed E-state index contributed by atoms with van der Waals surface area (Å²) in [6.07, 6.45) is -0.417. The third-order valence-electron chi connectivity index (χ3n) is 3.03. The van der Waals surface area contributed by atoms with E-state index in [2.05, 4.69) is 10.3 Å². The van der Waals surface area contributed by atoms with Gasteiger partial charge in [0.25, 0.3) is 5.91 Å². The molecule has 1 aromatic carbocycles. The highest BCUT2D eigenvalue weighted by Crippen LogP contribution is 2.22. The summed E-state index contributed by atoms with van der Waals surface area (Å²) in [4.78, 5) is 28.1. The van der Waals surface area contributed by atoms with Crippen LogP contribution in [-0.2, 0) is 16.0 Å². The molecule has 1 aliphatic rings. The van der Waals surface area contributed by atoms with E-state index in [0.717, 1.165) is 11.3 Å². The van der Waals surface area contributed by atoms with Crippen LogP contribution in [0.4, 0.5) is 5.13 Å². The highest BCUT2D eigenvalue weighted by atomic mass is 32.1. The lowest BCUT2D eigenvalue weighted by Crippen LogP contribution is -2.37. The molecule has 0 fully saturated rings. The van der Waals surface area contributed by atoms with Crippen molar-refractivity contribution < 1.29 is 14.3 Å². The van der Waals surface area contributed by atoms with Crippen molar-refractivity contribution in [3.63, 3.8) is 0 Å². The van der Waals surface area contributed by atoms with E-state index in [-0.39, 0.29) is 5.91 Å². The molecule has 1 amide bonds. The van der Waals surface area contributed by atoms with Crippen LogP contribution in [0.15, 0.2) is 29.6 Å². The van der Waals surface area contributed by atoms with Crippen LogP contribution in [0.5, 0.6) is 0 Å². The number of benzene rings is 1. The normalized spacial score (nSPS) is 17.2. The maximum atomic E-state index is 12.1. The molecule has 2 heterocycles. The Hall–Kier alpha value is -2.21. The van der Waals surface area contributed by atoms with Crippen molar-refractivity contribution in [1.29, 1.82) is 0 Å². The van der Waals surface area contributed by atoms with Gasteiger partial charge in [-0.2, -0.15) is 0 Å². The van der Waals surface area contributed by atoms with Crippen LogP contribution in [0.2, 0.25) is 0 Å². The van der Waals surface area contributed by atoms with Crippen LogP contribution in [0.3, 0.4) is 0 Å². The van der Waals surface area contributed by atoms with Gasteiger partial charge in [0.15, 0.2) is 11.2 Å². The second-order valence-electron chi connectivity index (χ2n) is 4.54. The fraction of sp³-hybridized carbons (Fsp3) is 0.214. The Morgan fingerprint density at radius 3 is 3.00 bits per heavy atom. The highest BCUT2D eigenvalue weighted by molar-refractivity contribution is 7.13. The molecule has 1 atom stereocenters. The lowest BCUT2D eigenvalue weighted by atomic mass is 9.98. The maximum Gasteiger partial charge on any atom is 0.339 e. The summed E-state index contributed by atoms with van der Waals surface area (Å²) in [5.41, 5.74) is 2.21. The van der Waals surface area contributed by atoms with E-state index in [0.29, 0.717) is 17.1 Å². The van der Waals surface area contributed by atoms with E-state index >= 15 is 0 Å². The number of carbonyl (C=O) groups excluding carboxylic acids is 2. The fourth-order valence-electron chi connectivity index (χ4n) is 2.08. The van der Waals surface area contributed by atoms with Gasteiger partial charge in [0.1, 0.15) is 0 Å². The molecule has 0 aliphatic carbocycles. The van der Waals surface area contributed by atoms with Gasteiger partial charge in [-0.25, -0.2) is 9.78 Å². The van der Waals surface area contributed by atoms with Crippen LogP contribution in [-0.4, -0.2) is 23.0 Å². The average Bonchev–Trinajstić information content (AvgIpc) is 2.84. The van der Waals surface area contributed by atoms with E-state index < -0.39 is 12.1 Å². The first kappa shape index (κ1) is 12.8. The second kappa shape index (κ2) is 5.05. The number of esters is 1. The molecule has 102 valence electrons. The number of cyclic esters (lactones) is 1. The van der Waals surface area contributed by atoms with Crippen molar-refractivity contribution in [3.8, 4) is 0 Å². The maximum absolute atomic E-state index is 12.1. The Labute approximate surface area is 119 Å². The van der Waals surface area contributed by atoms with Gasteiger partial charge < -0.3 is 4.74 Å². The minimum absolute atomic E-state index is 0.345. The lowest BCUT2D eigenvalue weighted by molar-refractivity contribution is -0.125. The van der Waals surface area contributed by atoms with E-state index in [4.69, 9.17) is 4.74 Å². The molecule has 0 spiro atoms. The third kappa shape index (κ3) is 2.42. The van der Waals surface area contributed by atoms with Crippen molar-refractivity contribution in [3.05, 3.63) is 46.5 Å². The Morgan fingerprint density at radius 1 is 1.45 bits per heavy atom. The van der Waals surface area contributed by atoms with Gasteiger partial charge in [0.2, 0.25) is 0 Å². The van der Waals surface area contributed by atoms with E-state index in [1.54, 1.807) is 12.1 Å². The van der Waals surface area contributed by atoms with Gasteiger partial charge in [-0.05, 0) is 18.6 Å². The largest absolute Gasteiger partial charge is 0.448 e. The van der Waals surface area contributed by atoms with Crippen LogP contribution in [0.1, 0.15) is 21.6 Å². The Kier molecular flexibility index (Phi) is 3.23. The average molecular weight is 288 g/mol. The zero-order chi connectivity index (χ0) is 14.1. The van der Waals surface area contributed by atoms with Crippen LogP contribution in [0, 0.1) is 6.92 Å². The van der Waals surface area contributed by atoms with Crippen molar-refractivity contribution in [2.24, 2.45) is 0 Å². The molecular weight excluding hydrogens is 276 g/mol. The standard InChI is InChI=1S/C14H12N2O3S/c1-8-7-20-14(15-8)16-12(17)11-6-9-4-2-3-5-10(9)13(18)19-11/h2-5,7,11H,6H2,1H3,(H,15,16,17). The van der Waals surface area contributed by atoms with Gasteiger partial charge in [-0.3, -0.25) is 10.1 Å². The van der Waals surface area contributed by atoms with E-state index in [1.807, 2.05) is 24.4 Å². The van der Waals surface area contributed by atoms with Crippen molar-refractivity contribution in [2.45, 2.75) is 19.4 Å². The topological polar surface area (TPSA) is 68.3 Å². The number of aryl methyl sites for hydroxylation is 1. The zero-order valence-corrected chi connectivity index (χ0v) is 11.6. The monoisotopic (exact) mass is 288 g/mol. The summed E-state index contributed by atoms with van der Waals surface area (Å²) < 4.78 is 5.18. The quantitative estimate of drug-likeness (QED) is 0.860. The summed E-state index contributed by atoms with van der Waals surface area (Å²) in [6, 6.07) is 7.16. The number of carbonyl (C=O) groups is 2. The highest BCUT2D eigenvalue weighted by Gasteiger charge is 2.31. The first-order valence-corrected chi connectivity index (χ1v) is 7.03. The SMILES string of the molecule is Cc1csc(NC(=O)C2Cc3ccccc3C(=O)O2)n1. The number of ether oxygens (including phenoxy) is 1. The summed E-state index contributed by atoms with van der Waals surface area (Å²) >= 11 is 1.34. The Bertz CT molecular complexity index is 681. The van der Waals surface area contributed by atoms with Crippen LogP contribution >= 0.6 is 11.3 Å². The number of fused-ring (bicyclic) bond motifs is 1. The van der Waals surface area contributed by atoms with Gasteiger partial charge in [-0.15, -0.1) is 11.3 Å². The van der Waals surface area contributed by atoms with Crippen molar-refractivity contribution >= 4 is 28.3 Å². The van der Waals surface area contributed by atoms with Gasteiger partial charge >= 0.3 is 5.97 Å². The molecular formula is C14H12N2O3S. The summed E-state index contributed by atoms with van der Waals surface area (Å²) in [5, 5.41) is 5.04. The molecule has 0 bridgehead atoms. The van der Waals surface area contributed by atoms with E-state index in [1.165, 1.54) is 11.3 Å². The molecule has 5 nitrogen and oxygen atoms in total. The molecule has 6 heteroatoms. The smallest absolute Gasteiger partial charge is 0.339 e. The number of amides is 1. The van der Waals surface area contributed by atoms with Gasteiger partial charge in [0, 0.05) is 11.8 Å². The van der Waals surface area contributed by atoms with Crippen molar-refractivity contribution in [2.75, 3.05) is 5.32 Å². The first-order valence-electron chi connectivity index (χ1n) is 6.15. The van der Waals surface area contributed by atoms with Crippen LogP contribution in [0.25, 0.3) is 0 Å². The van der Waals surface area contributed by atoms with Crippen molar-refractivity contribution in [1.82, 2.24) is 4.98 Å². The molecule has 20 heavy (non-hydrogen) atoms. The molecule has 1 aromatic heterocycles. The number of hydrogen-bond donors (Lipinski definition) is 1. The second-order valence-corrected chi connectivity index (χ2v) is 5.40. The minimum atomic E-state index is -0.804. The molecule has 2 aromatic rings. The number of thiazole rings is 1. The number of aromatic nitrogens is 1. The number of hydrogen-bond acceptors (Lipinski definition) is 5. The third-order valence-corrected chi connectivity index (χ3v) is 3.91. The Morgan fingerprint density at radius 2 is 2.25 bits per heavy atom. The van der Waals surface area contributed by atoms with E-state index in [9.17, 15) is 9.59 Å².